The highest BCUT2D eigenvalue weighted by Gasteiger charge is 2.22. The van der Waals surface area contributed by atoms with E-state index >= 15 is 0 Å². The number of aromatic carboxylic acids is 1. The summed E-state index contributed by atoms with van der Waals surface area (Å²) in [6, 6.07) is 0.275. The first-order valence-corrected chi connectivity index (χ1v) is 8.13. The van der Waals surface area contributed by atoms with Gasteiger partial charge in [0.05, 0.1) is 11.9 Å². The van der Waals surface area contributed by atoms with Gasteiger partial charge in [0.25, 0.3) is 0 Å². The molecule has 0 fully saturated rings. The highest BCUT2D eigenvalue weighted by atomic mass is 32.2. The predicted octanol–water partition coefficient (Wildman–Crippen LogP) is 2.88. The van der Waals surface area contributed by atoms with Crippen LogP contribution >= 0.6 is 11.8 Å². The molecule has 0 saturated carbocycles. The van der Waals surface area contributed by atoms with Crippen LogP contribution in [0.5, 0.6) is 0 Å². The molecule has 6 heteroatoms. The molecule has 5 nitrogen and oxygen atoms in total. The van der Waals surface area contributed by atoms with Crippen LogP contribution in [-0.4, -0.2) is 46.1 Å². The number of hydrogen-bond acceptors (Lipinski definition) is 5. The number of thioether (sulfide) groups is 1. The van der Waals surface area contributed by atoms with E-state index in [4.69, 9.17) is 0 Å². The van der Waals surface area contributed by atoms with Gasteiger partial charge in [-0.2, -0.15) is 11.8 Å². The summed E-state index contributed by atoms with van der Waals surface area (Å²) >= 11 is 1.75. The highest BCUT2D eigenvalue weighted by Crippen LogP contribution is 2.23. The van der Waals surface area contributed by atoms with Gasteiger partial charge in [-0.15, -0.1) is 0 Å². The molecule has 0 radical (unpaired) electrons. The Labute approximate surface area is 124 Å². The van der Waals surface area contributed by atoms with E-state index in [1.807, 2.05) is 32.1 Å². The van der Waals surface area contributed by atoms with E-state index < -0.39 is 5.97 Å². The molecule has 1 aromatic heterocycles. The van der Waals surface area contributed by atoms with Gasteiger partial charge in [-0.05, 0) is 12.7 Å². The van der Waals surface area contributed by atoms with Gasteiger partial charge in [-0.3, -0.25) is 0 Å². The number of hydrogen-bond donors (Lipinski definition) is 1. The van der Waals surface area contributed by atoms with Crippen molar-refractivity contribution in [1.29, 1.82) is 0 Å². The summed E-state index contributed by atoms with van der Waals surface area (Å²) in [4.78, 5) is 21.9. The van der Waals surface area contributed by atoms with Crippen LogP contribution in [0.15, 0.2) is 6.20 Å². The van der Waals surface area contributed by atoms with Gasteiger partial charge in [-0.25, -0.2) is 14.8 Å². The molecule has 1 atom stereocenters. The number of rotatable bonds is 7. The SMILES string of the molecule is CCC(CSC)N(C)c1cnc(C(C)C)nc1C(=O)O. The largest absolute Gasteiger partial charge is 0.476 e. The molecule has 20 heavy (non-hydrogen) atoms. The molecule has 1 N–H and O–H groups in total. The van der Waals surface area contributed by atoms with Crippen molar-refractivity contribution in [1.82, 2.24) is 9.97 Å². The first-order chi connectivity index (χ1) is 9.42. The van der Waals surface area contributed by atoms with Gasteiger partial charge in [0.1, 0.15) is 5.82 Å². The molecule has 0 spiro atoms. The molecule has 0 aromatic carbocycles. The zero-order chi connectivity index (χ0) is 15.3. The Morgan fingerprint density at radius 1 is 1.50 bits per heavy atom. The Kier molecular flexibility index (Phi) is 6.26. The second-order valence-corrected chi connectivity index (χ2v) is 5.96. The average Bonchev–Trinajstić information content (AvgIpc) is 2.43. The molecular formula is C14H23N3O2S. The zero-order valence-corrected chi connectivity index (χ0v) is 13.6. The lowest BCUT2D eigenvalue weighted by Crippen LogP contribution is -2.34. The normalized spacial score (nSPS) is 12.5. The third kappa shape index (κ3) is 3.85. The summed E-state index contributed by atoms with van der Waals surface area (Å²) in [5.74, 6) is 0.617. The third-order valence-electron chi connectivity index (χ3n) is 3.27. The maximum atomic E-state index is 11.4. The molecule has 1 heterocycles. The number of carboxylic acids is 1. The molecule has 1 rings (SSSR count). The summed E-state index contributed by atoms with van der Waals surface area (Å²) in [6.07, 6.45) is 4.63. The third-order valence-corrected chi connectivity index (χ3v) is 3.98. The van der Waals surface area contributed by atoms with Gasteiger partial charge >= 0.3 is 5.97 Å². The molecule has 1 unspecified atom stereocenters. The molecule has 0 amide bonds. The fourth-order valence-electron chi connectivity index (χ4n) is 1.98. The number of nitrogens with zero attached hydrogens (tertiary/aromatic N) is 3. The van der Waals surface area contributed by atoms with Crippen LogP contribution in [0.2, 0.25) is 0 Å². The summed E-state index contributed by atoms with van der Waals surface area (Å²) in [5.41, 5.74) is 0.675. The maximum absolute atomic E-state index is 11.4. The Morgan fingerprint density at radius 3 is 2.60 bits per heavy atom. The van der Waals surface area contributed by atoms with Crippen molar-refractivity contribution in [2.75, 3.05) is 24.0 Å². The van der Waals surface area contributed by atoms with Crippen molar-refractivity contribution in [3.8, 4) is 0 Å². The molecule has 112 valence electrons. The summed E-state index contributed by atoms with van der Waals surface area (Å²) < 4.78 is 0. The van der Waals surface area contributed by atoms with Crippen LogP contribution in [0, 0.1) is 0 Å². The predicted molar refractivity (Wildman–Crippen MR) is 83.9 cm³/mol. The van der Waals surface area contributed by atoms with E-state index in [1.165, 1.54) is 0 Å². The molecule has 0 saturated heterocycles. The number of carbonyl (C=O) groups is 1. The van der Waals surface area contributed by atoms with Crippen LogP contribution in [0.4, 0.5) is 5.69 Å². The molecular weight excluding hydrogens is 274 g/mol. The second-order valence-electron chi connectivity index (χ2n) is 5.05. The zero-order valence-electron chi connectivity index (χ0n) is 12.8. The van der Waals surface area contributed by atoms with E-state index in [-0.39, 0.29) is 17.7 Å². The topological polar surface area (TPSA) is 66.3 Å². The van der Waals surface area contributed by atoms with Crippen LogP contribution < -0.4 is 4.90 Å². The van der Waals surface area contributed by atoms with Crippen LogP contribution in [0.25, 0.3) is 0 Å². The molecule has 1 aromatic rings. The summed E-state index contributed by atoms with van der Waals surface area (Å²) in [7, 11) is 1.91. The maximum Gasteiger partial charge on any atom is 0.356 e. The second kappa shape index (κ2) is 7.47. The van der Waals surface area contributed by atoms with E-state index in [0.717, 1.165) is 12.2 Å². The van der Waals surface area contributed by atoms with Crippen LogP contribution in [0.1, 0.15) is 49.4 Å². The number of anilines is 1. The molecule has 0 bridgehead atoms. The minimum atomic E-state index is -1.00. The Bertz CT molecular complexity index is 466. The van der Waals surface area contributed by atoms with Gasteiger partial charge < -0.3 is 10.0 Å². The Balaban J connectivity index is 3.19. The quantitative estimate of drug-likeness (QED) is 0.834. The summed E-state index contributed by atoms with van der Waals surface area (Å²) in [5, 5.41) is 9.38. The number of carboxylic acid groups (broad SMARTS) is 1. The summed E-state index contributed by atoms with van der Waals surface area (Å²) in [6.45, 7) is 6.00. The fraction of sp³-hybridized carbons (Fsp3) is 0.643. The Hall–Kier alpha value is -1.30. The monoisotopic (exact) mass is 297 g/mol. The first-order valence-electron chi connectivity index (χ1n) is 6.74. The molecule has 0 aliphatic rings. The van der Waals surface area contributed by atoms with Crippen LogP contribution in [-0.2, 0) is 0 Å². The van der Waals surface area contributed by atoms with Gasteiger partial charge in [0.2, 0.25) is 0 Å². The van der Waals surface area contributed by atoms with Crippen LogP contribution in [0.3, 0.4) is 0 Å². The average molecular weight is 297 g/mol. The number of aromatic nitrogens is 2. The van der Waals surface area contributed by atoms with Crippen molar-refractivity contribution >= 4 is 23.4 Å². The van der Waals surface area contributed by atoms with Crippen molar-refractivity contribution in [2.45, 2.75) is 39.2 Å². The molecule has 0 aliphatic heterocycles. The van der Waals surface area contributed by atoms with E-state index in [1.54, 1.807) is 18.0 Å². The lowest BCUT2D eigenvalue weighted by Gasteiger charge is -2.29. The molecule has 0 aliphatic carbocycles. The van der Waals surface area contributed by atoms with Crippen molar-refractivity contribution in [3.05, 3.63) is 17.7 Å². The van der Waals surface area contributed by atoms with Gasteiger partial charge in [0.15, 0.2) is 5.69 Å². The highest BCUT2D eigenvalue weighted by molar-refractivity contribution is 7.98. The minimum absolute atomic E-state index is 0.0887. The van der Waals surface area contributed by atoms with Gasteiger partial charge in [0, 0.05) is 24.8 Å². The van der Waals surface area contributed by atoms with Crippen molar-refractivity contribution < 1.29 is 9.90 Å². The Morgan fingerprint density at radius 2 is 2.15 bits per heavy atom. The standard InChI is InChI=1S/C14H23N3O2S/c1-6-10(8-20-5)17(4)11-7-15-13(9(2)3)16-12(11)14(18)19/h7,9-10H,6,8H2,1-5H3,(H,18,19). The van der Waals surface area contributed by atoms with E-state index in [2.05, 4.69) is 16.9 Å². The van der Waals surface area contributed by atoms with E-state index in [9.17, 15) is 9.90 Å². The fourth-order valence-corrected chi connectivity index (χ4v) is 2.82. The lowest BCUT2D eigenvalue weighted by molar-refractivity contribution is 0.0690. The smallest absolute Gasteiger partial charge is 0.356 e. The van der Waals surface area contributed by atoms with E-state index in [0.29, 0.717) is 11.5 Å². The van der Waals surface area contributed by atoms with Gasteiger partial charge in [-0.1, -0.05) is 20.8 Å². The minimum Gasteiger partial charge on any atom is -0.476 e. The van der Waals surface area contributed by atoms with Crippen molar-refractivity contribution in [3.63, 3.8) is 0 Å². The first kappa shape index (κ1) is 16.8. The van der Waals surface area contributed by atoms with Crippen molar-refractivity contribution in [2.24, 2.45) is 0 Å². The lowest BCUT2D eigenvalue weighted by atomic mass is 10.1.